The highest BCUT2D eigenvalue weighted by Crippen LogP contribution is 2.07. The predicted molar refractivity (Wildman–Crippen MR) is 75.7 cm³/mol. The van der Waals surface area contributed by atoms with E-state index in [1.165, 1.54) is 0 Å². The molecule has 0 aromatic rings. The molecule has 0 aromatic heterocycles. The first-order valence-electron chi connectivity index (χ1n) is 6.89. The van der Waals surface area contributed by atoms with Crippen LogP contribution in [0.4, 0.5) is 4.79 Å². The van der Waals surface area contributed by atoms with Gasteiger partial charge in [-0.2, -0.15) is 0 Å². The van der Waals surface area contributed by atoms with Gasteiger partial charge in [0.1, 0.15) is 5.60 Å². The van der Waals surface area contributed by atoms with Gasteiger partial charge in [0, 0.05) is 6.61 Å². The normalized spacial score (nSPS) is 13.1. The lowest BCUT2D eigenvalue weighted by Gasteiger charge is -2.23. The summed E-state index contributed by atoms with van der Waals surface area (Å²) < 4.78 is 10.5. The molecule has 0 saturated carbocycles. The van der Waals surface area contributed by atoms with Gasteiger partial charge in [-0.1, -0.05) is 13.8 Å². The molecule has 0 bridgehead atoms. The van der Waals surface area contributed by atoms with Crippen LogP contribution in [0.25, 0.3) is 0 Å². The summed E-state index contributed by atoms with van der Waals surface area (Å²) in [5.74, 6) is -0.467. The Morgan fingerprint density at radius 1 is 1.25 bits per heavy atom. The molecule has 2 N–H and O–H groups in total. The summed E-state index contributed by atoms with van der Waals surface area (Å²) in [7, 11) is 0. The monoisotopic (exact) mass is 289 g/mol. The van der Waals surface area contributed by atoms with Gasteiger partial charge in [0.15, 0.2) is 0 Å². The molecule has 6 nitrogen and oxygen atoms in total. The molecule has 0 aromatic carbocycles. The number of hydrogen-bond acceptors (Lipinski definition) is 4. The van der Waals surface area contributed by atoms with Crippen molar-refractivity contribution in [1.82, 2.24) is 5.32 Å². The Hall–Kier alpha value is -1.30. The number of hydrogen-bond donors (Lipinski definition) is 2. The maximum Gasteiger partial charge on any atom is 0.407 e. The lowest BCUT2D eigenvalue weighted by Crippen LogP contribution is -2.42. The van der Waals surface area contributed by atoms with Gasteiger partial charge < -0.3 is 19.9 Å². The summed E-state index contributed by atoms with van der Waals surface area (Å²) in [5.41, 5.74) is -0.615. The number of aliphatic carboxylic acids is 1. The van der Waals surface area contributed by atoms with Crippen molar-refractivity contribution in [3.63, 3.8) is 0 Å². The van der Waals surface area contributed by atoms with Crippen LogP contribution in [0.15, 0.2) is 0 Å². The second kappa shape index (κ2) is 8.79. The summed E-state index contributed by atoms with van der Waals surface area (Å²) in [5, 5.41) is 11.4. The highest BCUT2D eigenvalue weighted by molar-refractivity contribution is 5.71. The first-order valence-corrected chi connectivity index (χ1v) is 6.89. The van der Waals surface area contributed by atoms with Crippen molar-refractivity contribution >= 4 is 12.1 Å². The number of carboxylic acids is 1. The van der Waals surface area contributed by atoms with E-state index in [2.05, 4.69) is 19.2 Å². The Balaban J connectivity index is 4.20. The van der Waals surface area contributed by atoms with Crippen molar-refractivity contribution in [3.8, 4) is 0 Å². The number of rotatable bonds is 8. The Morgan fingerprint density at radius 3 is 2.30 bits per heavy atom. The average molecular weight is 289 g/mol. The zero-order chi connectivity index (χ0) is 15.8. The van der Waals surface area contributed by atoms with Crippen molar-refractivity contribution in [1.29, 1.82) is 0 Å². The number of alkyl carbamates (subject to hydrolysis) is 1. The van der Waals surface area contributed by atoms with Crippen LogP contribution in [-0.4, -0.2) is 42.0 Å². The summed E-state index contributed by atoms with van der Waals surface area (Å²) >= 11 is 0. The van der Waals surface area contributed by atoms with Gasteiger partial charge in [-0.15, -0.1) is 0 Å². The van der Waals surface area contributed by atoms with Gasteiger partial charge in [-0.25, -0.2) is 4.79 Å². The van der Waals surface area contributed by atoms with Gasteiger partial charge >= 0.3 is 12.1 Å². The van der Waals surface area contributed by atoms with Crippen LogP contribution in [0, 0.1) is 5.92 Å². The van der Waals surface area contributed by atoms with Crippen LogP contribution >= 0.6 is 0 Å². The molecule has 0 aliphatic heterocycles. The quantitative estimate of drug-likeness (QED) is 0.670. The summed E-state index contributed by atoms with van der Waals surface area (Å²) in [6.45, 7) is 10.1. The molecule has 20 heavy (non-hydrogen) atoms. The topological polar surface area (TPSA) is 84.9 Å². The van der Waals surface area contributed by atoms with Crippen LogP contribution in [0.5, 0.6) is 0 Å². The fourth-order valence-corrected chi connectivity index (χ4v) is 1.38. The summed E-state index contributed by atoms with van der Waals surface area (Å²) in [6, 6.07) is -0.588. The smallest absolute Gasteiger partial charge is 0.407 e. The molecule has 0 spiro atoms. The molecule has 0 aliphatic carbocycles. The molecule has 0 fully saturated rings. The van der Waals surface area contributed by atoms with Crippen LogP contribution in [0.1, 0.15) is 47.5 Å². The molecule has 1 unspecified atom stereocenters. The second-order valence-corrected chi connectivity index (χ2v) is 6.20. The minimum atomic E-state index is -0.987. The third-order valence-electron chi connectivity index (χ3n) is 2.30. The summed E-state index contributed by atoms with van der Waals surface area (Å²) in [6.07, 6.45) is 0.0730. The Kier molecular flexibility index (Phi) is 8.22. The highest BCUT2D eigenvalue weighted by atomic mass is 16.6. The molecule has 0 saturated heterocycles. The van der Waals surface area contributed by atoms with E-state index in [9.17, 15) is 9.59 Å². The van der Waals surface area contributed by atoms with Crippen LogP contribution in [0.2, 0.25) is 0 Å². The zero-order valence-corrected chi connectivity index (χ0v) is 13.1. The fraction of sp³-hybridized carbons (Fsp3) is 0.857. The van der Waals surface area contributed by atoms with E-state index >= 15 is 0 Å². The molecular formula is C14H27NO5. The van der Waals surface area contributed by atoms with E-state index < -0.39 is 23.7 Å². The molecular weight excluding hydrogens is 262 g/mol. The van der Waals surface area contributed by atoms with E-state index in [-0.39, 0.29) is 13.0 Å². The number of ether oxygens (including phenoxy) is 2. The third kappa shape index (κ3) is 11.8. The standard InChI is InChI=1S/C14H27NO5/c1-10(2)6-7-19-9-11(8-12(16)17)15-13(18)20-14(3,4)5/h10-11H,6-9H2,1-5H3,(H,15,18)(H,16,17). The van der Waals surface area contributed by atoms with Gasteiger partial charge in [-0.05, 0) is 33.1 Å². The van der Waals surface area contributed by atoms with Crippen molar-refractivity contribution in [2.75, 3.05) is 13.2 Å². The van der Waals surface area contributed by atoms with Crippen LogP contribution < -0.4 is 5.32 Å². The maximum atomic E-state index is 11.6. The number of carboxylic acid groups (broad SMARTS) is 1. The van der Waals surface area contributed by atoms with Crippen LogP contribution in [0.3, 0.4) is 0 Å². The largest absolute Gasteiger partial charge is 0.481 e. The molecule has 1 atom stereocenters. The van der Waals surface area contributed by atoms with E-state index in [0.29, 0.717) is 12.5 Å². The lowest BCUT2D eigenvalue weighted by molar-refractivity contribution is -0.137. The van der Waals surface area contributed by atoms with E-state index in [4.69, 9.17) is 14.6 Å². The lowest BCUT2D eigenvalue weighted by atomic mass is 10.1. The third-order valence-corrected chi connectivity index (χ3v) is 2.30. The number of nitrogens with one attached hydrogen (secondary N) is 1. The van der Waals surface area contributed by atoms with Crippen molar-refractivity contribution in [2.45, 2.75) is 59.1 Å². The van der Waals surface area contributed by atoms with Crippen LogP contribution in [-0.2, 0) is 14.3 Å². The number of amides is 1. The molecule has 0 heterocycles. The SMILES string of the molecule is CC(C)CCOCC(CC(=O)O)NC(=O)OC(C)(C)C. The van der Waals surface area contributed by atoms with Crippen molar-refractivity contribution in [2.24, 2.45) is 5.92 Å². The van der Waals surface area contributed by atoms with E-state index in [1.807, 2.05) is 0 Å². The molecule has 0 rings (SSSR count). The van der Waals surface area contributed by atoms with E-state index in [0.717, 1.165) is 6.42 Å². The minimum absolute atomic E-state index is 0.165. The molecule has 0 radical (unpaired) electrons. The highest BCUT2D eigenvalue weighted by Gasteiger charge is 2.21. The predicted octanol–water partition coefficient (Wildman–Crippen LogP) is 2.42. The maximum absolute atomic E-state index is 11.6. The van der Waals surface area contributed by atoms with E-state index in [1.54, 1.807) is 20.8 Å². The van der Waals surface area contributed by atoms with Crippen molar-refractivity contribution < 1.29 is 24.2 Å². The summed E-state index contributed by atoms with van der Waals surface area (Å²) in [4.78, 5) is 22.4. The Bertz CT molecular complexity index is 309. The number of carbonyl (C=O) groups is 2. The Morgan fingerprint density at radius 2 is 1.85 bits per heavy atom. The minimum Gasteiger partial charge on any atom is -0.481 e. The first kappa shape index (κ1) is 18.7. The Labute approximate surface area is 120 Å². The molecule has 6 heteroatoms. The molecule has 1 amide bonds. The van der Waals surface area contributed by atoms with Crippen molar-refractivity contribution in [3.05, 3.63) is 0 Å². The van der Waals surface area contributed by atoms with Gasteiger partial charge in [0.2, 0.25) is 0 Å². The van der Waals surface area contributed by atoms with Gasteiger partial charge in [0.25, 0.3) is 0 Å². The fourth-order valence-electron chi connectivity index (χ4n) is 1.38. The average Bonchev–Trinajstić information content (AvgIpc) is 2.19. The second-order valence-electron chi connectivity index (χ2n) is 6.20. The van der Waals surface area contributed by atoms with Gasteiger partial charge in [-0.3, -0.25) is 4.79 Å². The molecule has 118 valence electrons. The molecule has 0 aliphatic rings. The first-order chi connectivity index (χ1) is 9.10. The zero-order valence-electron chi connectivity index (χ0n) is 13.1. The van der Waals surface area contributed by atoms with Gasteiger partial charge in [0.05, 0.1) is 19.1 Å². The number of carbonyl (C=O) groups excluding carboxylic acids is 1.